The first-order valence-corrected chi connectivity index (χ1v) is 11.4. The topological polar surface area (TPSA) is 141 Å². The van der Waals surface area contributed by atoms with Crippen molar-refractivity contribution in [3.05, 3.63) is 104 Å². The molecule has 37 heavy (non-hydrogen) atoms. The summed E-state index contributed by atoms with van der Waals surface area (Å²) in [4.78, 5) is 45.5. The molecule has 0 unspecified atom stereocenters. The third-order valence-corrected chi connectivity index (χ3v) is 5.88. The fraction of sp³-hybridized carbons (Fsp3) is 0.0400. The molecule has 2 aromatic carbocycles. The van der Waals surface area contributed by atoms with Crippen LogP contribution in [-0.2, 0) is 0 Å². The predicted octanol–water partition coefficient (Wildman–Crippen LogP) is 3.62. The maximum absolute atomic E-state index is 13.0. The van der Waals surface area contributed by atoms with Gasteiger partial charge in [-0.1, -0.05) is 23.7 Å². The smallest absolute Gasteiger partial charge is 0.292 e. The average Bonchev–Trinajstić information content (AvgIpc) is 3.48. The lowest BCUT2D eigenvalue weighted by atomic mass is 10.2. The number of aromatic nitrogens is 6. The summed E-state index contributed by atoms with van der Waals surface area (Å²) >= 11 is 5.99. The van der Waals surface area contributed by atoms with E-state index < -0.39 is 11.5 Å². The molecule has 0 radical (unpaired) electrons. The van der Waals surface area contributed by atoms with Gasteiger partial charge in [0.2, 0.25) is 5.95 Å². The molecule has 182 valence electrons. The van der Waals surface area contributed by atoms with Crippen molar-refractivity contribution in [3.8, 4) is 11.6 Å². The lowest BCUT2D eigenvalue weighted by Gasteiger charge is -2.09. The van der Waals surface area contributed by atoms with Crippen LogP contribution in [0.2, 0.25) is 5.02 Å². The normalized spacial score (nSPS) is 11.3. The molecule has 6 rings (SSSR count). The Labute approximate surface area is 211 Å². The van der Waals surface area contributed by atoms with E-state index >= 15 is 0 Å². The number of nitrogens with zero attached hydrogens (tertiary/aromatic N) is 5. The molecule has 2 N–H and O–H groups in total. The van der Waals surface area contributed by atoms with Crippen LogP contribution in [0.5, 0.6) is 0 Å². The number of carbonyl (C=O) groups is 1. The molecule has 0 aliphatic rings. The Morgan fingerprint density at radius 3 is 2.62 bits per heavy atom. The summed E-state index contributed by atoms with van der Waals surface area (Å²) in [6.45, 7) is 1.72. The van der Waals surface area contributed by atoms with E-state index in [1.165, 1.54) is 15.6 Å². The maximum atomic E-state index is 13.0. The van der Waals surface area contributed by atoms with Crippen LogP contribution in [0.15, 0.2) is 80.9 Å². The van der Waals surface area contributed by atoms with Crippen molar-refractivity contribution in [1.29, 1.82) is 0 Å². The van der Waals surface area contributed by atoms with Crippen LogP contribution in [0.1, 0.15) is 16.2 Å². The van der Waals surface area contributed by atoms with Crippen LogP contribution >= 0.6 is 11.6 Å². The molecule has 0 saturated carbocycles. The Balaban J connectivity index is 1.41. The van der Waals surface area contributed by atoms with Crippen molar-refractivity contribution in [1.82, 2.24) is 29.5 Å². The van der Waals surface area contributed by atoms with Crippen LogP contribution in [0, 0.1) is 6.92 Å². The minimum atomic E-state index is -0.668. The van der Waals surface area contributed by atoms with E-state index in [9.17, 15) is 14.4 Å². The molecule has 0 aliphatic heterocycles. The first-order valence-electron chi connectivity index (χ1n) is 11.0. The summed E-state index contributed by atoms with van der Waals surface area (Å²) in [7, 11) is 0. The molecule has 11 nitrogen and oxygen atoms in total. The molecule has 1 amide bonds. The largest absolute Gasteiger partial charge is 0.451 e. The molecular weight excluding hydrogens is 498 g/mol. The summed E-state index contributed by atoms with van der Waals surface area (Å²) in [5, 5.41) is 12.5. The highest BCUT2D eigenvalue weighted by atomic mass is 35.5. The third-order valence-electron chi connectivity index (χ3n) is 5.63. The van der Waals surface area contributed by atoms with Gasteiger partial charge in [-0.25, -0.2) is 4.68 Å². The molecule has 6 aromatic rings. The van der Waals surface area contributed by atoms with E-state index in [2.05, 4.69) is 25.5 Å². The summed E-state index contributed by atoms with van der Waals surface area (Å²) in [6, 6.07) is 16.3. The number of halogens is 1. The predicted molar refractivity (Wildman–Crippen MR) is 137 cm³/mol. The van der Waals surface area contributed by atoms with Crippen LogP contribution in [0.3, 0.4) is 0 Å². The van der Waals surface area contributed by atoms with E-state index in [1.54, 1.807) is 61.5 Å². The molecule has 0 saturated heterocycles. The van der Waals surface area contributed by atoms with E-state index in [0.29, 0.717) is 21.8 Å². The molecule has 0 atom stereocenters. The van der Waals surface area contributed by atoms with Crippen LogP contribution in [-0.4, -0.2) is 35.4 Å². The van der Waals surface area contributed by atoms with Gasteiger partial charge in [0.1, 0.15) is 16.8 Å². The number of rotatable bonds is 4. The fourth-order valence-corrected chi connectivity index (χ4v) is 4.05. The van der Waals surface area contributed by atoms with Gasteiger partial charge in [-0.15, -0.1) is 0 Å². The van der Waals surface area contributed by atoms with E-state index in [0.717, 1.165) is 6.07 Å². The second kappa shape index (κ2) is 8.57. The molecule has 0 aliphatic carbocycles. The number of hydrogen-bond donors (Lipinski definition) is 2. The Hall–Kier alpha value is -5.03. The van der Waals surface area contributed by atoms with Gasteiger partial charge in [-0.05, 0) is 43.3 Å². The second-order valence-corrected chi connectivity index (χ2v) is 8.60. The Kier molecular flexibility index (Phi) is 5.20. The molecule has 12 heteroatoms. The molecule has 0 bridgehead atoms. The monoisotopic (exact) mass is 513 g/mol. The molecule has 4 aromatic heterocycles. The summed E-state index contributed by atoms with van der Waals surface area (Å²) in [5.74, 6) is -0.583. The highest BCUT2D eigenvalue weighted by Crippen LogP contribution is 2.20. The lowest BCUT2D eigenvalue weighted by Crippen LogP contribution is -2.20. The number of nitrogens with one attached hydrogen (secondary N) is 2. The second-order valence-electron chi connectivity index (χ2n) is 8.17. The van der Waals surface area contributed by atoms with Gasteiger partial charge in [0.15, 0.2) is 16.8 Å². The van der Waals surface area contributed by atoms with Crippen LogP contribution < -0.4 is 16.3 Å². The van der Waals surface area contributed by atoms with E-state index in [4.69, 9.17) is 16.0 Å². The number of anilines is 1. The van der Waals surface area contributed by atoms with Gasteiger partial charge in [0.25, 0.3) is 11.5 Å². The van der Waals surface area contributed by atoms with Crippen molar-refractivity contribution in [2.45, 2.75) is 6.92 Å². The zero-order chi connectivity index (χ0) is 25.7. The Morgan fingerprint density at radius 1 is 1.03 bits per heavy atom. The van der Waals surface area contributed by atoms with Gasteiger partial charge in [-0.2, -0.15) is 19.9 Å². The number of hydrogen-bond acceptors (Lipinski definition) is 7. The summed E-state index contributed by atoms with van der Waals surface area (Å²) in [5.41, 5.74) is 0.989. The van der Waals surface area contributed by atoms with Gasteiger partial charge in [0.05, 0.1) is 23.0 Å². The van der Waals surface area contributed by atoms with E-state index in [-0.39, 0.29) is 39.6 Å². The van der Waals surface area contributed by atoms with Gasteiger partial charge in [-0.3, -0.25) is 19.4 Å². The number of benzene rings is 2. The number of aryl methyl sites for hydroxylation is 1. The fourth-order valence-electron chi connectivity index (χ4n) is 3.92. The van der Waals surface area contributed by atoms with Gasteiger partial charge < -0.3 is 9.73 Å². The summed E-state index contributed by atoms with van der Waals surface area (Å²) in [6.07, 6.45) is 1.41. The van der Waals surface area contributed by atoms with Crippen molar-refractivity contribution in [2.24, 2.45) is 0 Å². The van der Waals surface area contributed by atoms with Gasteiger partial charge in [0, 0.05) is 17.2 Å². The minimum absolute atomic E-state index is 0.0524. The van der Waals surface area contributed by atoms with Crippen molar-refractivity contribution in [2.75, 3.05) is 5.32 Å². The van der Waals surface area contributed by atoms with Gasteiger partial charge >= 0.3 is 0 Å². The highest BCUT2D eigenvalue weighted by Gasteiger charge is 2.19. The number of H-pyrrole nitrogens is 1. The summed E-state index contributed by atoms with van der Waals surface area (Å²) < 4.78 is 8.42. The zero-order valence-electron chi connectivity index (χ0n) is 19.1. The van der Waals surface area contributed by atoms with E-state index in [1.807, 2.05) is 0 Å². The van der Waals surface area contributed by atoms with Crippen molar-refractivity contribution < 1.29 is 9.21 Å². The zero-order valence-corrected chi connectivity index (χ0v) is 19.9. The molecule has 0 spiro atoms. The molecule has 4 heterocycles. The number of carbonyl (C=O) groups excluding carboxylic acids is 1. The number of aromatic amines is 1. The van der Waals surface area contributed by atoms with Crippen molar-refractivity contribution >= 4 is 45.3 Å². The Morgan fingerprint density at radius 2 is 1.81 bits per heavy atom. The number of fused-ring (bicyclic) bond motifs is 2. The number of amides is 1. The molecule has 0 fully saturated rings. The standard InChI is InChI=1S/C25H16ClN7O4/c1-13-10-21(28-24(36)20-11-18(34)16-4-2-3-5-19(16)37-20)33(31-13)25-29-22-17(23(35)30-25)12-27-32(22)15-8-6-14(26)7-9-15/h2-12H,1H3,(H,28,36)(H,29,30,35). The van der Waals surface area contributed by atoms with Crippen LogP contribution in [0.4, 0.5) is 5.82 Å². The third kappa shape index (κ3) is 3.96. The maximum Gasteiger partial charge on any atom is 0.292 e. The lowest BCUT2D eigenvalue weighted by molar-refractivity contribution is 0.0996. The van der Waals surface area contributed by atoms with Crippen LogP contribution in [0.25, 0.3) is 33.6 Å². The molecular formula is C25H16ClN7O4. The SMILES string of the molecule is Cc1cc(NC(=O)c2cc(=O)c3ccccc3o2)n(-c2nc3c(cnn3-c3ccc(Cl)cc3)c(=O)[nH]2)n1. The first-order chi connectivity index (χ1) is 17.9. The minimum Gasteiger partial charge on any atom is -0.451 e. The Bertz CT molecular complexity index is 1950. The quantitative estimate of drug-likeness (QED) is 0.367. The first kappa shape index (κ1) is 22.4. The average molecular weight is 514 g/mol. The number of para-hydroxylation sites is 1. The highest BCUT2D eigenvalue weighted by molar-refractivity contribution is 6.30. The van der Waals surface area contributed by atoms with Crippen molar-refractivity contribution in [3.63, 3.8) is 0 Å².